The van der Waals surface area contributed by atoms with Crippen molar-refractivity contribution in [3.05, 3.63) is 0 Å². The van der Waals surface area contributed by atoms with Crippen molar-refractivity contribution in [1.82, 2.24) is 5.09 Å². The third-order valence-electron chi connectivity index (χ3n) is 2.40. The Kier molecular flexibility index (Phi) is 8.91. The summed E-state index contributed by atoms with van der Waals surface area (Å²) in [5.74, 6) is -0.0570. The summed E-state index contributed by atoms with van der Waals surface area (Å²) < 4.78 is 22.5. The Bertz CT molecular complexity index is 433. The van der Waals surface area contributed by atoms with Gasteiger partial charge in [-0.1, -0.05) is 32.5 Å². The quantitative estimate of drug-likeness (QED) is 0.408. The van der Waals surface area contributed by atoms with Gasteiger partial charge in [0.15, 0.2) is 5.12 Å². The minimum absolute atomic E-state index is 0.0591. The van der Waals surface area contributed by atoms with Crippen LogP contribution >= 0.6 is 19.3 Å². The molecule has 0 radical (unpaired) electrons. The van der Waals surface area contributed by atoms with Crippen molar-refractivity contribution in [3.63, 3.8) is 0 Å². The lowest BCUT2D eigenvalue weighted by molar-refractivity contribution is -0.149. The minimum atomic E-state index is -3.12. The van der Waals surface area contributed by atoms with E-state index in [-0.39, 0.29) is 17.8 Å². The van der Waals surface area contributed by atoms with Crippen LogP contribution in [0.1, 0.15) is 41.5 Å². The molecule has 8 heteroatoms. The number of nitrogens with one attached hydrogen (secondary N) is 1. The van der Waals surface area contributed by atoms with Gasteiger partial charge in [-0.15, -0.1) is 0 Å². The molecule has 0 heterocycles. The maximum absolute atomic E-state index is 12.2. The first kappa shape index (κ1) is 21.6. The van der Waals surface area contributed by atoms with Crippen molar-refractivity contribution in [3.8, 4) is 0 Å². The fourth-order valence-corrected chi connectivity index (χ4v) is 3.57. The lowest BCUT2D eigenvalue weighted by atomic mass is 10.00. The van der Waals surface area contributed by atoms with E-state index in [1.54, 1.807) is 20.8 Å². The van der Waals surface area contributed by atoms with Gasteiger partial charge in [0, 0.05) is 17.8 Å². The summed E-state index contributed by atoms with van der Waals surface area (Å²) >= 11 is 1.15. The standard InChI is InChI=1S/C14H28NO5PS/c1-10(2)20-12(16)11(3)15-21(7,18)19-8-9-22-13(17)14(4,5)6/h10-11H,8-9H2,1-7H3,(H,15,18). The first-order valence-corrected chi connectivity index (χ1v) is 10.3. The van der Waals surface area contributed by atoms with Crippen LogP contribution in [-0.4, -0.2) is 42.3 Å². The second kappa shape index (κ2) is 9.06. The molecule has 2 atom stereocenters. The van der Waals surface area contributed by atoms with E-state index in [1.165, 1.54) is 6.66 Å². The molecule has 22 heavy (non-hydrogen) atoms. The van der Waals surface area contributed by atoms with Crippen LogP contribution < -0.4 is 5.09 Å². The number of esters is 1. The predicted molar refractivity (Wildman–Crippen MR) is 90.2 cm³/mol. The van der Waals surface area contributed by atoms with Crippen LogP contribution in [0, 0.1) is 5.41 Å². The van der Waals surface area contributed by atoms with E-state index in [0.29, 0.717) is 5.75 Å². The molecular formula is C14H28NO5PS. The average Bonchev–Trinajstić information content (AvgIpc) is 2.31. The van der Waals surface area contributed by atoms with Gasteiger partial charge in [0.2, 0.25) is 0 Å². The van der Waals surface area contributed by atoms with Crippen molar-refractivity contribution < 1.29 is 23.4 Å². The molecule has 0 aromatic heterocycles. The zero-order chi connectivity index (χ0) is 17.6. The van der Waals surface area contributed by atoms with Crippen LogP contribution in [0.25, 0.3) is 0 Å². The molecule has 0 spiro atoms. The summed E-state index contributed by atoms with van der Waals surface area (Å²) in [6.45, 7) is 12.2. The van der Waals surface area contributed by atoms with Crippen LogP contribution in [0.5, 0.6) is 0 Å². The zero-order valence-electron chi connectivity index (χ0n) is 14.5. The molecule has 2 unspecified atom stereocenters. The fraction of sp³-hybridized carbons (Fsp3) is 0.857. The summed E-state index contributed by atoms with van der Waals surface area (Å²) in [5, 5.41) is 2.70. The van der Waals surface area contributed by atoms with E-state index in [0.717, 1.165) is 11.8 Å². The van der Waals surface area contributed by atoms with Gasteiger partial charge in [0.1, 0.15) is 6.04 Å². The molecule has 0 amide bonds. The smallest absolute Gasteiger partial charge is 0.323 e. The Balaban J connectivity index is 4.18. The van der Waals surface area contributed by atoms with Crippen molar-refractivity contribution in [1.29, 1.82) is 0 Å². The van der Waals surface area contributed by atoms with E-state index in [4.69, 9.17) is 9.26 Å². The van der Waals surface area contributed by atoms with E-state index < -0.39 is 24.9 Å². The summed E-state index contributed by atoms with van der Waals surface area (Å²) in [6, 6.07) is -0.720. The fourth-order valence-electron chi connectivity index (χ4n) is 1.34. The average molecular weight is 353 g/mol. The van der Waals surface area contributed by atoms with Crippen molar-refractivity contribution >= 4 is 30.4 Å². The Labute approximate surface area is 137 Å². The highest BCUT2D eigenvalue weighted by Crippen LogP contribution is 2.38. The van der Waals surface area contributed by atoms with E-state index in [9.17, 15) is 14.2 Å². The van der Waals surface area contributed by atoms with Gasteiger partial charge in [-0.25, -0.2) is 5.09 Å². The minimum Gasteiger partial charge on any atom is -0.462 e. The Hall–Kier alpha value is -0.360. The molecule has 6 nitrogen and oxygen atoms in total. The number of hydrogen-bond donors (Lipinski definition) is 1. The molecule has 0 aliphatic rings. The summed E-state index contributed by atoms with van der Waals surface area (Å²) in [6.07, 6.45) is -0.228. The lowest BCUT2D eigenvalue weighted by Crippen LogP contribution is -2.35. The Morgan fingerprint density at radius 2 is 1.77 bits per heavy atom. The van der Waals surface area contributed by atoms with E-state index in [1.807, 2.05) is 20.8 Å². The molecule has 0 fully saturated rings. The molecule has 0 aliphatic carbocycles. The van der Waals surface area contributed by atoms with Crippen molar-refractivity contribution in [2.45, 2.75) is 53.7 Å². The highest BCUT2D eigenvalue weighted by molar-refractivity contribution is 8.13. The molecule has 0 bridgehead atoms. The van der Waals surface area contributed by atoms with Gasteiger partial charge < -0.3 is 9.26 Å². The molecule has 0 saturated heterocycles. The molecule has 0 aliphatic heterocycles. The number of hydrogen-bond acceptors (Lipinski definition) is 6. The number of rotatable bonds is 8. The second-order valence-electron chi connectivity index (χ2n) is 6.40. The largest absolute Gasteiger partial charge is 0.462 e. The highest BCUT2D eigenvalue weighted by Gasteiger charge is 2.25. The highest BCUT2D eigenvalue weighted by atomic mass is 32.2. The lowest BCUT2D eigenvalue weighted by Gasteiger charge is -2.21. The molecule has 130 valence electrons. The number of ether oxygens (including phenoxy) is 1. The summed E-state index contributed by atoms with van der Waals surface area (Å²) in [4.78, 5) is 23.4. The van der Waals surface area contributed by atoms with E-state index in [2.05, 4.69) is 5.09 Å². The van der Waals surface area contributed by atoms with Crippen LogP contribution in [0.3, 0.4) is 0 Å². The molecule has 0 saturated carbocycles. The van der Waals surface area contributed by atoms with Crippen molar-refractivity contribution in [2.24, 2.45) is 5.41 Å². The second-order valence-corrected chi connectivity index (χ2v) is 9.68. The number of thioether (sulfide) groups is 1. The summed E-state index contributed by atoms with van der Waals surface area (Å²) in [5.41, 5.74) is -0.409. The van der Waals surface area contributed by atoms with Gasteiger partial charge in [-0.3, -0.25) is 14.2 Å². The summed E-state index contributed by atoms with van der Waals surface area (Å²) in [7, 11) is -3.12. The van der Waals surface area contributed by atoms with Crippen LogP contribution in [-0.2, 0) is 23.4 Å². The molecule has 0 aromatic rings. The molecule has 0 rings (SSSR count). The van der Waals surface area contributed by atoms with Gasteiger partial charge in [-0.2, -0.15) is 0 Å². The topological polar surface area (TPSA) is 81.7 Å². The monoisotopic (exact) mass is 353 g/mol. The molecule has 1 N–H and O–H groups in total. The maximum atomic E-state index is 12.2. The third kappa shape index (κ3) is 9.62. The van der Waals surface area contributed by atoms with Gasteiger partial charge in [-0.05, 0) is 20.8 Å². The Morgan fingerprint density at radius 3 is 2.23 bits per heavy atom. The first-order chi connectivity index (χ1) is 9.85. The van der Waals surface area contributed by atoms with Crippen molar-refractivity contribution in [2.75, 3.05) is 19.0 Å². The van der Waals surface area contributed by atoms with Gasteiger partial charge in [0.05, 0.1) is 12.7 Å². The molecule has 0 aromatic carbocycles. The van der Waals surface area contributed by atoms with Crippen LogP contribution in [0.4, 0.5) is 0 Å². The molecular weight excluding hydrogens is 325 g/mol. The first-order valence-electron chi connectivity index (χ1n) is 7.22. The van der Waals surface area contributed by atoms with Gasteiger partial charge in [0.25, 0.3) is 7.52 Å². The zero-order valence-corrected chi connectivity index (χ0v) is 16.2. The normalized spacial score (nSPS) is 16.2. The van der Waals surface area contributed by atoms with Crippen LogP contribution in [0.2, 0.25) is 0 Å². The SMILES string of the molecule is CC(C)OC(=O)C(C)NP(C)(=O)OCCSC(=O)C(C)(C)C. The number of carbonyl (C=O) groups excluding carboxylic acids is 2. The predicted octanol–water partition coefficient (Wildman–Crippen LogP) is 3.06. The van der Waals surface area contributed by atoms with Gasteiger partial charge >= 0.3 is 5.97 Å². The van der Waals surface area contributed by atoms with Crippen LogP contribution in [0.15, 0.2) is 0 Å². The number of carbonyl (C=O) groups is 2. The van der Waals surface area contributed by atoms with E-state index >= 15 is 0 Å². The maximum Gasteiger partial charge on any atom is 0.323 e. The third-order valence-corrected chi connectivity index (χ3v) is 5.18. The Morgan fingerprint density at radius 1 is 1.23 bits per heavy atom.